The fourth-order valence-electron chi connectivity index (χ4n) is 2.46. The Labute approximate surface area is 191 Å². The third-order valence-electron chi connectivity index (χ3n) is 4.01. The number of amides is 1. The van der Waals surface area contributed by atoms with E-state index in [4.69, 9.17) is 27.9 Å². The highest BCUT2D eigenvalue weighted by Gasteiger charge is 2.12. The van der Waals surface area contributed by atoms with Gasteiger partial charge in [0.25, 0.3) is 5.91 Å². The van der Waals surface area contributed by atoms with Gasteiger partial charge < -0.3 is 4.74 Å². The van der Waals surface area contributed by atoms with Crippen LogP contribution in [0.3, 0.4) is 0 Å². The molecule has 0 aliphatic heterocycles. The highest BCUT2D eigenvalue weighted by atomic mass is 79.9. The van der Waals surface area contributed by atoms with Crippen LogP contribution >= 0.6 is 39.1 Å². The maximum Gasteiger partial charge on any atom is 0.343 e. The first kappa shape index (κ1) is 22.0. The zero-order valence-corrected chi connectivity index (χ0v) is 18.8. The van der Waals surface area contributed by atoms with Gasteiger partial charge in [0.1, 0.15) is 5.75 Å². The summed E-state index contributed by atoms with van der Waals surface area (Å²) in [4.78, 5) is 24.7. The maximum absolute atomic E-state index is 12.4. The number of carbonyl (C=O) groups excluding carboxylic acids is 2. The van der Waals surface area contributed by atoms with Gasteiger partial charge in [-0.05, 0) is 55.5 Å². The number of hydrogen-bond donors (Lipinski definition) is 1. The molecule has 0 atom stereocenters. The van der Waals surface area contributed by atoms with Gasteiger partial charge in [0, 0.05) is 15.1 Å². The first-order valence-electron chi connectivity index (χ1n) is 8.70. The molecule has 3 rings (SSSR count). The van der Waals surface area contributed by atoms with Gasteiger partial charge in [0.15, 0.2) is 0 Å². The molecule has 1 amide bonds. The van der Waals surface area contributed by atoms with E-state index in [0.717, 1.165) is 10.0 Å². The van der Waals surface area contributed by atoms with E-state index in [1.54, 1.807) is 36.4 Å². The van der Waals surface area contributed by atoms with Crippen molar-refractivity contribution in [3.05, 3.63) is 97.4 Å². The van der Waals surface area contributed by atoms with Crippen molar-refractivity contribution in [2.24, 2.45) is 5.10 Å². The number of rotatable bonds is 5. The topological polar surface area (TPSA) is 67.8 Å². The standard InChI is InChI=1S/C22H15BrCl2N2O3/c1-13-2-4-14(5-3-13)22(29)30-20-9-6-16(23)10-15(20)12-26-27-21(28)18-8-7-17(24)11-19(18)25/h2-12H,1H3,(H,27,28)/b26-12-. The summed E-state index contributed by atoms with van der Waals surface area (Å²) in [5.74, 6) is -0.698. The molecule has 0 saturated carbocycles. The van der Waals surface area contributed by atoms with E-state index >= 15 is 0 Å². The molecule has 0 saturated heterocycles. The molecule has 3 aromatic rings. The molecule has 0 unspecified atom stereocenters. The largest absolute Gasteiger partial charge is 0.422 e. The first-order valence-corrected chi connectivity index (χ1v) is 10.3. The summed E-state index contributed by atoms with van der Waals surface area (Å²) in [5.41, 5.74) is 4.59. The monoisotopic (exact) mass is 504 g/mol. The van der Waals surface area contributed by atoms with Crippen LogP contribution in [0.1, 0.15) is 31.8 Å². The molecule has 0 bridgehead atoms. The van der Waals surface area contributed by atoms with Crippen LogP contribution < -0.4 is 10.2 Å². The molecule has 1 N–H and O–H groups in total. The van der Waals surface area contributed by atoms with E-state index in [0.29, 0.717) is 21.9 Å². The van der Waals surface area contributed by atoms with Crippen LogP contribution in [0.4, 0.5) is 0 Å². The Kier molecular flexibility index (Phi) is 7.26. The number of nitrogens with zero attached hydrogens (tertiary/aromatic N) is 1. The Morgan fingerprint density at radius 3 is 2.47 bits per heavy atom. The highest BCUT2D eigenvalue weighted by Crippen LogP contribution is 2.23. The molecule has 152 valence electrons. The Morgan fingerprint density at radius 1 is 1.03 bits per heavy atom. The molecule has 0 fully saturated rings. The minimum absolute atomic E-state index is 0.213. The van der Waals surface area contributed by atoms with Crippen molar-refractivity contribution in [1.82, 2.24) is 5.43 Å². The summed E-state index contributed by atoms with van der Waals surface area (Å²) in [6, 6.07) is 16.7. The van der Waals surface area contributed by atoms with Crippen LogP contribution in [0.2, 0.25) is 10.0 Å². The van der Waals surface area contributed by atoms with Gasteiger partial charge in [-0.1, -0.05) is 56.8 Å². The fourth-order valence-corrected chi connectivity index (χ4v) is 3.33. The molecular formula is C22H15BrCl2N2O3. The Hall–Kier alpha value is -2.67. The second kappa shape index (κ2) is 9.89. The second-order valence-electron chi connectivity index (χ2n) is 6.26. The molecule has 0 aromatic heterocycles. The number of aryl methyl sites for hydroxylation is 1. The number of esters is 1. The third kappa shape index (κ3) is 5.69. The zero-order valence-electron chi connectivity index (χ0n) is 15.7. The molecule has 8 heteroatoms. The predicted molar refractivity (Wildman–Crippen MR) is 122 cm³/mol. The Morgan fingerprint density at radius 2 is 1.77 bits per heavy atom. The van der Waals surface area contributed by atoms with Crippen LogP contribution in [0, 0.1) is 6.92 Å². The van der Waals surface area contributed by atoms with E-state index < -0.39 is 11.9 Å². The first-order chi connectivity index (χ1) is 14.3. The molecule has 0 heterocycles. The normalized spacial score (nSPS) is 10.8. The van der Waals surface area contributed by atoms with Gasteiger partial charge in [-0.25, -0.2) is 10.2 Å². The average Bonchev–Trinajstić information content (AvgIpc) is 2.70. The molecule has 0 spiro atoms. The van der Waals surface area contributed by atoms with Crippen LogP contribution in [0.25, 0.3) is 0 Å². The molecular weight excluding hydrogens is 491 g/mol. The lowest BCUT2D eigenvalue weighted by Crippen LogP contribution is -2.18. The molecule has 0 radical (unpaired) electrons. The van der Waals surface area contributed by atoms with Crippen molar-refractivity contribution in [2.75, 3.05) is 0 Å². The summed E-state index contributed by atoms with van der Waals surface area (Å²) >= 11 is 15.2. The summed E-state index contributed by atoms with van der Waals surface area (Å²) < 4.78 is 6.26. The summed E-state index contributed by atoms with van der Waals surface area (Å²) in [6.45, 7) is 1.93. The quantitative estimate of drug-likeness (QED) is 0.199. The highest BCUT2D eigenvalue weighted by molar-refractivity contribution is 9.10. The van der Waals surface area contributed by atoms with Crippen LogP contribution in [0.5, 0.6) is 5.75 Å². The molecule has 5 nitrogen and oxygen atoms in total. The number of nitrogens with one attached hydrogen (secondary N) is 1. The van der Waals surface area contributed by atoms with Crippen molar-refractivity contribution in [1.29, 1.82) is 0 Å². The zero-order chi connectivity index (χ0) is 21.7. The summed E-state index contributed by atoms with van der Waals surface area (Å²) in [7, 11) is 0. The van der Waals surface area contributed by atoms with Crippen molar-refractivity contribution in [3.63, 3.8) is 0 Å². The van der Waals surface area contributed by atoms with Crippen molar-refractivity contribution in [2.45, 2.75) is 6.92 Å². The second-order valence-corrected chi connectivity index (χ2v) is 8.02. The number of ether oxygens (including phenoxy) is 1. The van der Waals surface area contributed by atoms with Crippen LogP contribution in [-0.4, -0.2) is 18.1 Å². The predicted octanol–water partition coefficient (Wildman–Crippen LogP) is 6.05. The SMILES string of the molecule is Cc1ccc(C(=O)Oc2ccc(Br)cc2/C=N\NC(=O)c2ccc(Cl)cc2Cl)cc1. The van der Waals surface area contributed by atoms with E-state index in [9.17, 15) is 9.59 Å². The van der Waals surface area contributed by atoms with Gasteiger partial charge in [0.05, 0.1) is 22.4 Å². The number of benzene rings is 3. The minimum Gasteiger partial charge on any atom is -0.422 e. The molecule has 0 aliphatic rings. The van der Waals surface area contributed by atoms with Gasteiger partial charge in [-0.3, -0.25) is 4.79 Å². The van der Waals surface area contributed by atoms with Crippen molar-refractivity contribution >= 4 is 57.2 Å². The van der Waals surface area contributed by atoms with Gasteiger partial charge in [-0.2, -0.15) is 5.10 Å². The van der Waals surface area contributed by atoms with E-state index in [1.807, 2.05) is 19.1 Å². The van der Waals surface area contributed by atoms with Gasteiger partial charge in [-0.15, -0.1) is 0 Å². The number of halogens is 3. The minimum atomic E-state index is -0.499. The van der Waals surface area contributed by atoms with Crippen LogP contribution in [0.15, 0.2) is 70.2 Å². The summed E-state index contributed by atoms with van der Waals surface area (Å²) in [5, 5.41) is 4.59. The van der Waals surface area contributed by atoms with Crippen LogP contribution in [-0.2, 0) is 0 Å². The molecule has 0 aliphatic carbocycles. The number of hydrogen-bond acceptors (Lipinski definition) is 4. The lowest BCUT2D eigenvalue weighted by molar-refractivity contribution is 0.0734. The van der Waals surface area contributed by atoms with E-state index in [2.05, 4.69) is 26.5 Å². The number of carbonyl (C=O) groups is 2. The average molecular weight is 506 g/mol. The van der Waals surface area contributed by atoms with Crippen molar-refractivity contribution < 1.29 is 14.3 Å². The van der Waals surface area contributed by atoms with Crippen molar-refractivity contribution in [3.8, 4) is 5.75 Å². The molecule has 30 heavy (non-hydrogen) atoms. The van der Waals surface area contributed by atoms with E-state index in [-0.39, 0.29) is 10.6 Å². The smallest absolute Gasteiger partial charge is 0.343 e. The number of hydrazone groups is 1. The molecule has 3 aromatic carbocycles. The lowest BCUT2D eigenvalue weighted by Gasteiger charge is -2.08. The Bertz CT molecular complexity index is 1130. The maximum atomic E-state index is 12.4. The fraction of sp³-hybridized carbons (Fsp3) is 0.0455. The Balaban J connectivity index is 1.75. The van der Waals surface area contributed by atoms with E-state index in [1.165, 1.54) is 18.3 Å². The van der Waals surface area contributed by atoms with Gasteiger partial charge in [0.2, 0.25) is 0 Å². The third-order valence-corrected chi connectivity index (χ3v) is 5.05. The summed E-state index contributed by atoms with van der Waals surface area (Å²) in [6.07, 6.45) is 1.38. The lowest BCUT2D eigenvalue weighted by atomic mass is 10.1. The van der Waals surface area contributed by atoms with Gasteiger partial charge >= 0.3 is 5.97 Å².